The predicted molar refractivity (Wildman–Crippen MR) is 78.9 cm³/mol. The standard InChI is InChI=1S/C15H28N4/c1-6-12(2)14-10-19(15(3,4)11-16-14)9-13-7-8-18(5)17-13/h7-8,12,14,16H,6,9-11H2,1-5H3. The highest BCUT2D eigenvalue weighted by molar-refractivity contribution is 5.02. The third kappa shape index (κ3) is 3.37. The number of piperazine rings is 1. The molecule has 0 aliphatic carbocycles. The number of nitrogens with zero attached hydrogens (tertiary/aromatic N) is 3. The van der Waals surface area contributed by atoms with Crippen LogP contribution >= 0.6 is 0 Å². The summed E-state index contributed by atoms with van der Waals surface area (Å²) in [6, 6.07) is 2.72. The maximum Gasteiger partial charge on any atom is 0.0764 e. The van der Waals surface area contributed by atoms with Gasteiger partial charge in [-0.1, -0.05) is 20.3 Å². The van der Waals surface area contributed by atoms with Gasteiger partial charge in [-0.15, -0.1) is 0 Å². The summed E-state index contributed by atoms with van der Waals surface area (Å²) >= 11 is 0. The second kappa shape index (κ2) is 5.63. The first-order valence-corrected chi connectivity index (χ1v) is 7.39. The van der Waals surface area contributed by atoms with E-state index >= 15 is 0 Å². The maximum atomic E-state index is 4.51. The summed E-state index contributed by atoms with van der Waals surface area (Å²) < 4.78 is 1.89. The summed E-state index contributed by atoms with van der Waals surface area (Å²) in [5.74, 6) is 0.724. The summed E-state index contributed by atoms with van der Waals surface area (Å²) in [4.78, 5) is 2.57. The van der Waals surface area contributed by atoms with Gasteiger partial charge in [-0.3, -0.25) is 9.58 Å². The molecule has 1 aliphatic heterocycles. The highest BCUT2D eigenvalue weighted by atomic mass is 15.3. The Bertz CT molecular complexity index is 410. The number of aromatic nitrogens is 2. The zero-order valence-corrected chi connectivity index (χ0v) is 13.0. The molecule has 2 unspecified atom stereocenters. The highest BCUT2D eigenvalue weighted by Crippen LogP contribution is 2.24. The van der Waals surface area contributed by atoms with Gasteiger partial charge in [-0.25, -0.2) is 0 Å². The molecule has 0 spiro atoms. The molecule has 2 atom stereocenters. The lowest BCUT2D eigenvalue weighted by Crippen LogP contribution is -2.62. The number of hydrogen-bond donors (Lipinski definition) is 1. The van der Waals surface area contributed by atoms with Crippen molar-refractivity contribution in [1.82, 2.24) is 20.0 Å². The van der Waals surface area contributed by atoms with Crippen molar-refractivity contribution in [1.29, 1.82) is 0 Å². The van der Waals surface area contributed by atoms with Crippen molar-refractivity contribution < 1.29 is 0 Å². The normalized spacial score (nSPS) is 25.4. The molecule has 1 fully saturated rings. The van der Waals surface area contributed by atoms with Crippen molar-refractivity contribution in [2.75, 3.05) is 13.1 Å². The molecule has 19 heavy (non-hydrogen) atoms. The fourth-order valence-electron chi connectivity index (χ4n) is 2.73. The van der Waals surface area contributed by atoms with Crippen LogP contribution in [0.4, 0.5) is 0 Å². The first-order chi connectivity index (χ1) is 8.92. The van der Waals surface area contributed by atoms with Crippen LogP contribution in [0.3, 0.4) is 0 Å². The molecule has 0 bridgehead atoms. The first-order valence-electron chi connectivity index (χ1n) is 7.39. The van der Waals surface area contributed by atoms with Crippen molar-refractivity contribution in [2.24, 2.45) is 13.0 Å². The van der Waals surface area contributed by atoms with Crippen LogP contribution < -0.4 is 5.32 Å². The predicted octanol–water partition coefficient (Wildman–Crippen LogP) is 2.02. The molecule has 4 heteroatoms. The number of aryl methyl sites for hydroxylation is 1. The van der Waals surface area contributed by atoms with Gasteiger partial charge >= 0.3 is 0 Å². The van der Waals surface area contributed by atoms with E-state index in [0.29, 0.717) is 6.04 Å². The third-order valence-corrected chi connectivity index (χ3v) is 4.52. The maximum absolute atomic E-state index is 4.51. The van der Waals surface area contributed by atoms with Crippen LogP contribution in [0.25, 0.3) is 0 Å². The molecular formula is C15H28N4. The van der Waals surface area contributed by atoms with Crippen LogP contribution in [0.1, 0.15) is 39.8 Å². The summed E-state index contributed by atoms with van der Waals surface area (Å²) in [5.41, 5.74) is 1.36. The van der Waals surface area contributed by atoms with Gasteiger partial charge in [-0.05, 0) is 25.8 Å². The van der Waals surface area contributed by atoms with Crippen molar-refractivity contribution in [3.63, 3.8) is 0 Å². The third-order valence-electron chi connectivity index (χ3n) is 4.52. The smallest absolute Gasteiger partial charge is 0.0764 e. The van der Waals surface area contributed by atoms with E-state index in [0.717, 1.165) is 25.6 Å². The van der Waals surface area contributed by atoms with Crippen molar-refractivity contribution >= 4 is 0 Å². The molecule has 0 aromatic carbocycles. The van der Waals surface area contributed by atoms with E-state index in [1.807, 2.05) is 17.9 Å². The number of hydrogen-bond acceptors (Lipinski definition) is 3. The molecule has 1 N–H and O–H groups in total. The van der Waals surface area contributed by atoms with Crippen LogP contribution in [0.15, 0.2) is 12.3 Å². The van der Waals surface area contributed by atoms with E-state index in [1.165, 1.54) is 12.1 Å². The molecule has 1 aromatic heterocycles. The highest BCUT2D eigenvalue weighted by Gasteiger charge is 2.35. The largest absolute Gasteiger partial charge is 0.311 e. The van der Waals surface area contributed by atoms with Crippen LogP contribution in [0.5, 0.6) is 0 Å². The lowest BCUT2D eigenvalue weighted by atomic mass is 9.90. The summed E-state index contributed by atoms with van der Waals surface area (Å²) in [7, 11) is 1.98. The van der Waals surface area contributed by atoms with Crippen molar-refractivity contribution in [2.45, 2.75) is 52.2 Å². The van der Waals surface area contributed by atoms with E-state index in [-0.39, 0.29) is 5.54 Å². The first kappa shape index (κ1) is 14.5. The topological polar surface area (TPSA) is 33.1 Å². The van der Waals surface area contributed by atoms with E-state index in [4.69, 9.17) is 0 Å². The second-order valence-electron chi connectivity index (χ2n) is 6.55. The van der Waals surface area contributed by atoms with E-state index in [2.05, 4.69) is 49.1 Å². The average Bonchev–Trinajstić information content (AvgIpc) is 2.76. The molecule has 0 saturated carbocycles. The Morgan fingerprint density at radius 2 is 2.26 bits per heavy atom. The molecule has 2 heterocycles. The number of nitrogens with one attached hydrogen (secondary N) is 1. The molecule has 0 radical (unpaired) electrons. The molecule has 0 amide bonds. The lowest BCUT2D eigenvalue weighted by Gasteiger charge is -2.47. The Hall–Kier alpha value is -0.870. The Morgan fingerprint density at radius 3 is 2.84 bits per heavy atom. The fourth-order valence-corrected chi connectivity index (χ4v) is 2.73. The zero-order valence-electron chi connectivity index (χ0n) is 13.0. The van der Waals surface area contributed by atoms with E-state index in [1.54, 1.807) is 0 Å². The zero-order chi connectivity index (χ0) is 14.0. The van der Waals surface area contributed by atoms with Gasteiger partial charge in [0, 0.05) is 44.5 Å². The lowest BCUT2D eigenvalue weighted by molar-refractivity contribution is 0.0437. The fraction of sp³-hybridized carbons (Fsp3) is 0.800. The van der Waals surface area contributed by atoms with Gasteiger partial charge in [0.2, 0.25) is 0 Å². The molecule has 4 nitrogen and oxygen atoms in total. The van der Waals surface area contributed by atoms with E-state index < -0.39 is 0 Å². The van der Waals surface area contributed by atoms with Crippen molar-refractivity contribution in [3.8, 4) is 0 Å². The molecule has 1 saturated heterocycles. The van der Waals surface area contributed by atoms with Gasteiger partial charge in [-0.2, -0.15) is 5.10 Å². The second-order valence-corrected chi connectivity index (χ2v) is 6.55. The molecule has 1 aliphatic rings. The van der Waals surface area contributed by atoms with Gasteiger partial charge in [0.05, 0.1) is 5.69 Å². The van der Waals surface area contributed by atoms with Crippen molar-refractivity contribution in [3.05, 3.63) is 18.0 Å². The Morgan fingerprint density at radius 1 is 1.53 bits per heavy atom. The monoisotopic (exact) mass is 264 g/mol. The summed E-state index contributed by atoms with van der Waals surface area (Å²) in [5, 5.41) is 8.23. The van der Waals surface area contributed by atoms with Gasteiger partial charge in [0.15, 0.2) is 0 Å². The van der Waals surface area contributed by atoms with Crippen LogP contribution in [0.2, 0.25) is 0 Å². The Kier molecular flexibility index (Phi) is 4.31. The minimum Gasteiger partial charge on any atom is -0.311 e. The Labute approximate surface area is 117 Å². The summed E-state index contributed by atoms with van der Waals surface area (Å²) in [6.45, 7) is 12.4. The average molecular weight is 264 g/mol. The van der Waals surface area contributed by atoms with E-state index in [9.17, 15) is 0 Å². The van der Waals surface area contributed by atoms with Crippen LogP contribution in [0, 0.1) is 5.92 Å². The number of rotatable bonds is 4. The van der Waals surface area contributed by atoms with Gasteiger partial charge < -0.3 is 5.32 Å². The Balaban J connectivity index is 2.06. The van der Waals surface area contributed by atoms with Crippen LogP contribution in [-0.2, 0) is 13.6 Å². The summed E-state index contributed by atoms with van der Waals surface area (Å²) in [6.07, 6.45) is 3.26. The molecular weight excluding hydrogens is 236 g/mol. The molecule has 2 rings (SSSR count). The molecule has 1 aromatic rings. The van der Waals surface area contributed by atoms with Gasteiger partial charge in [0.25, 0.3) is 0 Å². The van der Waals surface area contributed by atoms with Gasteiger partial charge in [0.1, 0.15) is 0 Å². The quantitative estimate of drug-likeness (QED) is 0.903. The minimum absolute atomic E-state index is 0.196. The SMILES string of the molecule is CCC(C)C1CN(Cc2ccn(C)n2)C(C)(C)CN1. The minimum atomic E-state index is 0.196. The molecule has 108 valence electrons. The van der Waals surface area contributed by atoms with Crippen LogP contribution in [-0.4, -0.2) is 39.4 Å².